The molecule has 54 heavy (non-hydrogen) atoms. The van der Waals surface area contributed by atoms with Gasteiger partial charge in [-0.15, -0.1) is 0 Å². The second-order valence-electron chi connectivity index (χ2n) is 15.2. The molecule has 0 spiro atoms. The van der Waals surface area contributed by atoms with Crippen LogP contribution in [0, 0.1) is 11.3 Å². The highest BCUT2D eigenvalue weighted by Crippen LogP contribution is 2.51. The monoisotopic (exact) mass is 747 g/mol. The molecule has 4 aromatic rings. The van der Waals surface area contributed by atoms with Crippen LogP contribution in [0.15, 0.2) is 115 Å². The molecule has 1 aliphatic rings. The first kappa shape index (κ1) is 40.0. The normalized spacial score (nSPS) is 14.1. The standard InChI is InChI=1S/C44H49N3O6S/c1-30(2)29-36(45-37(48)27-17-18-28-46-39(49)34-25-15-16-26-35(34)40(46)50)41(51)47(38(42(52)53)43(3,4)5)54-44(31-19-9-6-10-20-31,32-21-11-7-12-22-32)33-23-13-8-14-24-33/h6-16,19-26,30,36,38H,17-18,27-29H2,1-5H3,(H,45,48)(H,52,53)/t36-,38+/m0/s1. The van der Waals surface area contributed by atoms with E-state index in [1.54, 1.807) is 45.0 Å². The summed E-state index contributed by atoms with van der Waals surface area (Å²) in [6.45, 7) is 9.47. The molecular formula is C44H49N3O6S. The fraction of sp³-hybridized carbons (Fsp3) is 0.341. The van der Waals surface area contributed by atoms with Crippen molar-refractivity contribution in [2.24, 2.45) is 11.3 Å². The molecule has 0 aromatic heterocycles. The number of hydrogen-bond acceptors (Lipinski definition) is 6. The number of amides is 4. The highest BCUT2D eigenvalue weighted by Gasteiger charge is 2.48. The Balaban J connectivity index is 1.46. The van der Waals surface area contributed by atoms with Crippen LogP contribution < -0.4 is 5.32 Å². The number of carbonyl (C=O) groups is 5. The fourth-order valence-electron chi connectivity index (χ4n) is 6.98. The molecule has 0 saturated carbocycles. The molecule has 2 N–H and O–H groups in total. The Labute approximate surface area is 322 Å². The molecule has 4 aromatic carbocycles. The minimum Gasteiger partial charge on any atom is -0.480 e. The van der Waals surface area contributed by atoms with Gasteiger partial charge in [-0.25, -0.2) is 4.79 Å². The highest BCUT2D eigenvalue weighted by atomic mass is 32.2. The van der Waals surface area contributed by atoms with Crippen molar-refractivity contribution < 1.29 is 29.1 Å². The Kier molecular flexibility index (Phi) is 12.8. The van der Waals surface area contributed by atoms with Gasteiger partial charge in [0.05, 0.1) is 11.1 Å². The van der Waals surface area contributed by atoms with E-state index in [1.165, 1.54) is 9.21 Å². The number of aliphatic carboxylic acids is 1. The SMILES string of the molecule is CC(C)C[C@H](NC(=O)CCCCN1C(=O)c2ccccc2C1=O)C(=O)N(SC(c1ccccc1)(c1ccccc1)c1ccccc1)[C@H](C(=O)O)C(C)(C)C. The summed E-state index contributed by atoms with van der Waals surface area (Å²) in [6.07, 6.45) is 1.12. The lowest BCUT2D eigenvalue weighted by molar-refractivity contribution is -0.150. The molecule has 4 amide bonds. The van der Waals surface area contributed by atoms with Gasteiger partial charge in [0.1, 0.15) is 16.8 Å². The number of benzene rings is 4. The average molecular weight is 748 g/mol. The summed E-state index contributed by atoms with van der Waals surface area (Å²) in [5, 5.41) is 13.8. The predicted molar refractivity (Wildman–Crippen MR) is 212 cm³/mol. The molecule has 1 aliphatic heterocycles. The van der Waals surface area contributed by atoms with Crippen molar-refractivity contribution in [3.8, 4) is 0 Å². The number of nitrogens with zero attached hydrogens (tertiary/aromatic N) is 2. The molecular weight excluding hydrogens is 699 g/mol. The van der Waals surface area contributed by atoms with Crippen LogP contribution in [0.4, 0.5) is 0 Å². The summed E-state index contributed by atoms with van der Waals surface area (Å²) in [7, 11) is 0. The zero-order valence-electron chi connectivity index (χ0n) is 31.5. The van der Waals surface area contributed by atoms with Gasteiger partial charge in [0.15, 0.2) is 0 Å². The maximum Gasteiger partial charge on any atom is 0.328 e. The topological polar surface area (TPSA) is 124 Å². The first-order valence-electron chi connectivity index (χ1n) is 18.4. The third-order valence-corrected chi connectivity index (χ3v) is 11.1. The summed E-state index contributed by atoms with van der Waals surface area (Å²) in [5.41, 5.74) is 2.41. The van der Waals surface area contributed by atoms with Gasteiger partial charge >= 0.3 is 5.97 Å². The van der Waals surface area contributed by atoms with E-state index in [0.717, 1.165) is 28.6 Å². The van der Waals surface area contributed by atoms with Gasteiger partial charge in [-0.05, 0) is 71.4 Å². The molecule has 2 atom stereocenters. The summed E-state index contributed by atoms with van der Waals surface area (Å²) >= 11 is 1.16. The summed E-state index contributed by atoms with van der Waals surface area (Å²) in [6, 6.07) is 33.6. The molecule has 0 saturated heterocycles. The van der Waals surface area contributed by atoms with E-state index in [9.17, 15) is 24.3 Å². The van der Waals surface area contributed by atoms with Gasteiger partial charge in [0, 0.05) is 13.0 Å². The number of carboxylic acid groups (broad SMARTS) is 1. The van der Waals surface area contributed by atoms with Gasteiger partial charge in [0.2, 0.25) is 5.91 Å². The maximum atomic E-state index is 15.1. The molecule has 282 valence electrons. The average Bonchev–Trinajstić information content (AvgIpc) is 3.39. The van der Waals surface area contributed by atoms with Crippen LogP contribution in [0.1, 0.15) is 97.7 Å². The lowest BCUT2D eigenvalue weighted by atomic mass is 9.84. The first-order chi connectivity index (χ1) is 25.8. The zero-order valence-corrected chi connectivity index (χ0v) is 32.3. The molecule has 0 radical (unpaired) electrons. The van der Waals surface area contributed by atoms with E-state index in [2.05, 4.69) is 5.32 Å². The number of hydrogen-bond donors (Lipinski definition) is 2. The number of unbranched alkanes of at least 4 members (excludes halogenated alkanes) is 1. The molecule has 0 bridgehead atoms. The number of carboxylic acids is 1. The highest BCUT2D eigenvalue weighted by molar-refractivity contribution is 7.99. The lowest BCUT2D eigenvalue weighted by Crippen LogP contribution is -2.56. The molecule has 5 rings (SSSR count). The second-order valence-corrected chi connectivity index (χ2v) is 16.3. The van der Waals surface area contributed by atoms with Gasteiger partial charge in [-0.3, -0.25) is 28.4 Å². The fourth-order valence-corrected chi connectivity index (χ4v) is 8.73. The molecule has 9 nitrogen and oxygen atoms in total. The Morgan fingerprint density at radius 3 is 1.57 bits per heavy atom. The summed E-state index contributed by atoms with van der Waals surface area (Å²) in [5.74, 6) is -2.74. The second kappa shape index (κ2) is 17.3. The minimum absolute atomic E-state index is 0.0139. The van der Waals surface area contributed by atoms with Crippen LogP contribution in [0.25, 0.3) is 0 Å². The lowest BCUT2D eigenvalue weighted by Gasteiger charge is -2.44. The van der Waals surface area contributed by atoms with E-state index in [0.29, 0.717) is 24.0 Å². The van der Waals surface area contributed by atoms with Crippen LogP contribution in [0.2, 0.25) is 0 Å². The number of nitrogens with one attached hydrogen (secondary N) is 1. The van der Waals surface area contributed by atoms with Gasteiger partial charge < -0.3 is 10.4 Å². The van der Waals surface area contributed by atoms with Gasteiger partial charge in [-0.2, -0.15) is 0 Å². The van der Waals surface area contributed by atoms with Crippen molar-refractivity contribution in [3.63, 3.8) is 0 Å². The van der Waals surface area contributed by atoms with Crippen molar-refractivity contribution in [2.45, 2.75) is 77.1 Å². The number of imide groups is 1. The Morgan fingerprint density at radius 1 is 0.722 bits per heavy atom. The van der Waals surface area contributed by atoms with E-state index >= 15 is 4.79 Å². The van der Waals surface area contributed by atoms with E-state index in [-0.39, 0.29) is 43.0 Å². The van der Waals surface area contributed by atoms with E-state index < -0.39 is 34.1 Å². The quantitative estimate of drug-likeness (QED) is 0.0516. The van der Waals surface area contributed by atoms with Crippen molar-refractivity contribution in [3.05, 3.63) is 143 Å². The van der Waals surface area contributed by atoms with Crippen LogP contribution in [0.5, 0.6) is 0 Å². The zero-order chi connectivity index (χ0) is 39.0. The number of rotatable bonds is 16. The first-order valence-corrected chi connectivity index (χ1v) is 19.2. The Hall–Kier alpha value is -5.22. The van der Waals surface area contributed by atoms with Crippen molar-refractivity contribution >= 4 is 41.5 Å². The number of fused-ring (bicyclic) bond motifs is 1. The van der Waals surface area contributed by atoms with Crippen LogP contribution in [0.3, 0.4) is 0 Å². The maximum absolute atomic E-state index is 15.1. The Bertz CT molecular complexity index is 1810. The number of carbonyl (C=O) groups excluding carboxylic acids is 4. The van der Waals surface area contributed by atoms with Crippen molar-refractivity contribution in [1.82, 2.24) is 14.5 Å². The Morgan fingerprint density at radius 2 is 1.17 bits per heavy atom. The summed E-state index contributed by atoms with van der Waals surface area (Å²) in [4.78, 5) is 68.8. The molecule has 10 heteroatoms. The van der Waals surface area contributed by atoms with Crippen molar-refractivity contribution in [2.75, 3.05) is 6.54 Å². The predicted octanol–water partition coefficient (Wildman–Crippen LogP) is 7.95. The minimum atomic E-state index is -1.28. The van der Waals surface area contributed by atoms with E-state index in [4.69, 9.17) is 0 Å². The van der Waals surface area contributed by atoms with Crippen LogP contribution in [-0.2, 0) is 19.1 Å². The van der Waals surface area contributed by atoms with Crippen LogP contribution >= 0.6 is 11.9 Å². The third kappa shape index (κ3) is 8.76. The van der Waals surface area contributed by atoms with Crippen molar-refractivity contribution in [1.29, 1.82) is 0 Å². The molecule has 0 aliphatic carbocycles. The molecule has 1 heterocycles. The smallest absolute Gasteiger partial charge is 0.328 e. The van der Waals surface area contributed by atoms with E-state index in [1.807, 2.05) is 105 Å². The largest absolute Gasteiger partial charge is 0.480 e. The summed E-state index contributed by atoms with van der Waals surface area (Å²) < 4.78 is 0.333. The molecule has 0 fully saturated rings. The third-order valence-electron chi connectivity index (χ3n) is 9.54. The van der Waals surface area contributed by atoms with Gasteiger partial charge in [0.25, 0.3) is 17.7 Å². The molecule has 0 unspecified atom stereocenters. The van der Waals surface area contributed by atoms with Crippen LogP contribution in [-0.4, -0.2) is 62.5 Å². The van der Waals surface area contributed by atoms with Gasteiger partial charge in [-0.1, -0.05) is 138 Å².